The first-order valence-corrected chi connectivity index (χ1v) is 8.47. The van der Waals surface area contributed by atoms with E-state index in [9.17, 15) is 9.59 Å². The van der Waals surface area contributed by atoms with Crippen molar-refractivity contribution in [1.82, 2.24) is 10.3 Å². The van der Waals surface area contributed by atoms with Crippen LogP contribution in [0.25, 0.3) is 0 Å². The van der Waals surface area contributed by atoms with Crippen LogP contribution in [0.5, 0.6) is 0 Å². The van der Waals surface area contributed by atoms with Crippen LogP contribution in [-0.4, -0.2) is 16.7 Å². The monoisotopic (exact) mass is 344 g/mol. The maximum Gasteiger partial charge on any atom is 0.252 e. The SMILES string of the molecule is Cc1ccc(C(=O)c2ccccc2C(=O)NC(C)c2cccnc2)cc1. The van der Waals surface area contributed by atoms with E-state index in [-0.39, 0.29) is 17.7 Å². The first kappa shape index (κ1) is 17.5. The number of hydrogen-bond donors (Lipinski definition) is 1. The van der Waals surface area contributed by atoms with Crippen molar-refractivity contribution in [3.05, 3.63) is 101 Å². The Morgan fingerprint density at radius 1 is 0.923 bits per heavy atom. The van der Waals surface area contributed by atoms with Crippen molar-refractivity contribution >= 4 is 11.7 Å². The second kappa shape index (κ2) is 7.74. The van der Waals surface area contributed by atoms with Crippen molar-refractivity contribution in [2.75, 3.05) is 0 Å². The van der Waals surface area contributed by atoms with Gasteiger partial charge in [-0.2, -0.15) is 0 Å². The number of aryl methyl sites for hydroxylation is 1. The zero-order valence-corrected chi connectivity index (χ0v) is 14.8. The van der Waals surface area contributed by atoms with Crippen molar-refractivity contribution < 1.29 is 9.59 Å². The van der Waals surface area contributed by atoms with Crippen LogP contribution in [0.3, 0.4) is 0 Å². The predicted molar refractivity (Wildman–Crippen MR) is 101 cm³/mol. The lowest BCUT2D eigenvalue weighted by Gasteiger charge is -2.15. The molecule has 0 fully saturated rings. The van der Waals surface area contributed by atoms with Crippen LogP contribution in [0.15, 0.2) is 73.1 Å². The number of rotatable bonds is 5. The molecule has 130 valence electrons. The number of carbonyl (C=O) groups excluding carboxylic acids is 2. The molecule has 3 aromatic rings. The van der Waals surface area contributed by atoms with Gasteiger partial charge >= 0.3 is 0 Å². The summed E-state index contributed by atoms with van der Waals surface area (Å²) in [6.45, 7) is 3.86. The van der Waals surface area contributed by atoms with Crippen LogP contribution < -0.4 is 5.32 Å². The molecule has 1 heterocycles. The standard InChI is InChI=1S/C22H20N2O2/c1-15-9-11-17(12-10-15)21(25)19-7-3-4-8-20(19)22(26)24-16(2)18-6-5-13-23-14-18/h3-14,16H,1-2H3,(H,24,26). The van der Waals surface area contributed by atoms with Gasteiger partial charge < -0.3 is 5.32 Å². The van der Waals surface area contributed by atoms with Gasteiger partial charge in [0, 0.05) is 23.5 Å². The Balaban J connectivity index is 1.85. The summed E-state index contributed by atoms with van der Waals surface area (Å²) in [4.78, 5) is 29.7. The summed E-state index contributed by atoms with van der Waals surface area (Å²) in [5.41, 5.74) is 3.32. The molecule has 0 bridgehead atoms. The minimum atomic E-state index is -0.280. The molecule has 4 heteroatoms. The summed E-state index contributed by atoms with van der Waals surface area (Å²) in [6.07, 6.45) is 3.40. The fourth-order valence-electron chi connectivity index (χ4n) is 2.73. The van der Waals surface area contributed by atoms with Crippen LogP contribution in [0.2, 0.25) is 0 Å². The summed E-state index contributed by atoms with van der Waals surface area (Å²) in [5.74, 6) is -0.442. The zero-order chi connectivity index (χ0) is 18.5. The number of benzene rings is 2. The third kappa shape index (κ3) is 3.86. The van der Waals surface area contributed by atoms with Crippen LogP contribution in [0.4, 0.5) is 0 Å². The van der Waals surface area contributed by atoms with Gasteiger partial charge in [-0.05, 0) is 31.5 Å². The fourth-order valence-corrected chi connectivity index (χ4v) is 2.73. The molecule has 1 unspecified atom stereocenters. The largest absolute Gasteiger partial charge is 0.345 e. The number of hydrogen-bond acceptors (Lipinski definition) is 3. The smallest absolute Gasteiger partial charge is 0.252 e. The van der Waals surface area contributed by atoms with Crippen molar-refractivity contribution in [3.8, 4) is 0 Å². The Morgan fingerprint density at radius 3 is 2.27 bits per heavy atom. The Kier molecular flexibility index (Phi) is 5.23. The number of amides is 1. The van der Waals surface area contributed by atoms with Crippen molar-refractivity contribution in [2.24, 2.45) is 0 Å². The molecule has 0 saturated carbocycles. The van der Waals surface area contributed by atoms with E-state index >= 15 is 0 Å². The maximum absolute atomic E-state index is 12.8. The Hall–Kier alpha value is -3.27. The lowest BCUT2D eigenvalue weighted by atomic mass is 9.97. The molecule has 0 saturated heterocycles. The van der Waals surface area contributed by atoms with Gasteiger partial charge in [0.05, 0.1) is 11.6 Å². The second-order valence-electron chi connectivity index (χ2n) is 6.22. The van der Waals surface area contributed by atoms with Crippen LogP contribution in [0.1, 0.15) is 50.4 Å². The van der Waals surface area contributed by atoms with Gasteiger partial charge in [0.1, 0.15) is 0 Å². The third-order valence-corrected chi connectivity index (χ3v) is 4.26. The average Bonchev–Trinajstić information content (AvgIpc) is 2.68. The summed E-state index contributed by atoms with van der Waals surface area (Å²) in [5, 5.41) is 2.94. The van der Waals surface area contributed by atoms with E-state index in [1.165, 1.54) is 0 Å². The highest BCUT2D eigenvalue weighted by molar-refractivity contribution is 6.15. The quantitative estimate of drug-likeness (QED) is 0.709. The summed E-state index contributed by atoms with van der Waals surface area (Å²) in [7, 11) is 0. The molecule has 0 radical (unpaired) electrons. The molecular weight excluding hydrogens is 324 g/mol. The van der Waals surface area contributed by atoms with Crippen LogP contribution in [-0.2, 0) is 0 Å². The molecule has 4 nitrogen and oxygen atoms in total. The van der Waals surface area contributed by atoms with Crippen molar-refractivity contribution in [1.29, 1.82) is 0 Å². The Morgan fingerprint density at radius 2 is 1.62 bits per heavy atom. The topological polar surface area (TPSA) is 59.1 Å². The van der Waals surface area contributed by atoms with E-state index in [0.29, 0.717) is 16.7 Å². The predicted octanol–water partition coefficient (Wildman–Crippen LogP) is 4.11. The number of aromatic nitrogens is 1. The van der Waals surface area contributed by atoms with Crippen LogP contribution >= 0.6 is 0 Å². The molecule has 3 rings (SSSR count). The highest BCUT2D eigenvalue weighted by Crippen LogP contribution is 2.17. The van der Waals surface area contributed by atoms with E-state index < -0.39 is 0 Å². The highest BCUT2D eigenvalue weighted by Gasteiger charge is 2.19. The van der Waals surface area contributed by atoms with E-state index in [4.69, 9.17) is 0 Å². The van der Waals surface area contributed by atoms with Gasteiger partial charge in [-0.1, -0.05) is 54.1 Å². The normalized spacial score (nSPS) is 11.6. The summed E-state index contributed by atoms with van der Waals surface area (Å²) in [6, 6.07) is 17.7. The third-order valence-electron chi connectivity index (χ3n) is 4.26. The molecule has 0 aliphatic carbocycles. The average molecular weight is 344 g/mol. The van der Waals surface area contributed by atoms with Gasteiger partial charge in [-0.3, -0.25) is 14.6 Å². The minimum absolute atomic E-state index is 0.162. The zero-order valence-electron chi connectivity index (χ0n) is 14.8. The number of nitrogens with zero attached hydrogens (tertiary/aromatic N) is 1. The number of nitrogens with one attached hydrogen (secondary N) is 1. The molecule has 1 aromatic heterocycles. The van der Waals surface area contributed by atoms with Gasteiger partial charge in [0.25, 0.3) is 5.91 Å². The molecular formula is C22H20N2O2. The molecule has 2 aromatic carbocycles. The first-order valence-electron chi connectivity index (χ1n) is 8.47. The molecule has 26 heavy (non-hydrogen) atoms. The summed E-state index contributed by atoms with van der Waals surface area (Å²) < 4.78 is 0. The fraction of sp³-hybridized carbons (Fsp3) is 0.136. The van der Waals surface area contributed by atoms with E-state index in [1.807, 2.05) is 38.1 Å². The minimum Gasteiger partial charge on any atom is -0.345 e. The van der Waals surface area contributed by atoms with Gasteiger partial charge in [-0.15, -0.1) is 0 Å². The van der Waals surface area contributed by atoms with E-state index in [0.717, 1.165) is 11.1 Å². The van der Waals surface area contributed by atoms with Gasteiger partial charge in [-0.25, -0.2) is 0 Å². The molecule has 0 spiro atoms. The van der Waals surface area contributed by atoms with Gasteiger partial charge in [0.15, 0.2) is 5.78 Å². The number of ketones is 1. The van der Waals surface area contributed by atoms with Crippen molar-refractivity contribution in [2.45, 2.75) is 19.9 Å². The molecule has 0 aliphatic rings. The molecule has 1 atom stereocenters. The van der Waals surface area contributed by atoms with E-state index in [2.05, 4.69) is 10.3 Å². The maximum atomic E-state index is 12.8. The lowest BCUT2D eigenvalue weighted by molar-refractivity contribution is 0.0929. The molecule has 1 N–H and O–H groups in total. The van der Waals surface area contributed by atoms with Crippen molar-refractivity contribution in [3.63, 3.8) is 0 Å². The lowest BCUT2D eigenvalue weighted by Crippen LogP contribution is -2.28. The first-order chi connectivity index (χ1) is 12.6. The highest BCUT2D eigenvalue weighted by atomic mass is 16.2. The van der Waals surface area contributed by atoms with E-state index in [1.54, 1.807) is 48.8 Å². The number of pyridine rings is 1. The second-order valence-corrected chi connectivity index (χ2v) is 6.22. The summed E-state index contributed by atoms with van der Waals surface area (Å²) >= 11 is 0. The molecule has 1 amide bonds. The number of carbonyl (C=O) groups is 2. The van der Waals surface area contributed by atoms with Gasteiger partial charge in [0.2, 0.25) is 0 Å². The van der Waals surface area contributed by atoms with Crippen LogP contribution in [0, 0.1) is 6.92 Å². The Labute approximate surface area is 152 Å². The Bertz CT molecular complexity index is 918. The molecule has 0 aliphatic heterocycles.